The molecule has 0 saturated carbocycles. The van der Waals surface area contributed by atoms with Crippen molar-refractivity contribution in [2.24, 2.45) is 0 Å². The average Bonchev–Trinajstić information content (AvgIpc) is 2.34. The molecule has 0 saturated heterocycles. The number of aromatic nitrogens is 1. The largest absolute Gasteiger partial charge is 0.481 e. The van der Waals surface area contributed by atoms with Crippen molar-refractivity contribution in [2.75, 3.05) is 19.0 Å². The normalized spacial score (nSPS) is 9.83. The minimum atomic E-state index is -0.909. The molecule has 0 spiro atoms. The molecule has 0 radical (unpaired) electrons. The van der Waals surface area contributed by atoms with Crippen LogP contribution in [0, 0.1) is 0 Å². The van der Waals surface area contributed by atoms with Crippen LogP contribution in [0.3, 0.4) is 0 Å². The highest BCUT2D eigenvalue weighted by Crippen LogP contribution is 2.10. The molecule has 66 valence electrons. The third kappa shape index (κ3) is 1.98. The zero-order chi connectivity index (χ0) is 9.14. The molecule has 1 rings (SSSR count). The molecule has 0 aliphatic rings. The smallest absolute Gasteiger partial charge is 0.309 e. The summed E-state index contributed by atoms with van der Waals surface area (Å²) in [5.41, 5.74) is 0.436. The standard InChI is InChI=1S/C7H10N2O3/c1-9(2)7-8-5(4-12-7)3-6(10)11/h4H,3H2,1-2H3,(H,10,11). The fraction of sp³-hybridized carbons (Fsp3) is 0.429. The summed E-state index contributed by atoms with van der Waals surface area (Å²) < 4.78 is 4.98. The molecule has 0 atom stereocenters. The van der Waals surface area contributed by atoms with Gasteiger partial charge in [-0.2, -0.15) is 4.98 Å². The lowest BCUT2D eigenvalue weighted by atomic mass is 10.3. The number of hydrogen-bond donors (Lipinski definition) is 1. The summed E-state index contributed by atoms with van der Waals surface area (Å²) in [5, 5.41) is 8.42. The van der Waals surface area contributed by atoms with E-state index < -0.39 is 5.97 Å². The molecule has 0 unspecified atom stereocenters. The first kappa shape index (κ1) is 8.58. The van der Waals surface area contributed by atoms with Crippen LogP contribution in [0.25, 0.3) is 0 Å². The molecule has 1 aromatic heterocycles. The predicted octanol–water partition coefficient (Wildman–Crippen LogP) is 0.368. The van der Waals surface area contributed by atoms with Crippen molar-refractivity contribution >= 4 is 12.0 Å². The fourth-order valence-electron chi connectivity index (χ4n) is 0.738. The number of rotatable bonds is 3. The van der Waals surface area contributed by atoms with Crippen molar-refractivity contribution in [2.45, 2.75) is 6.42 Å². The summed E-state index contributed by atoms with van der Waals surface area (Å²) in [6.45, 7) is 0. The molecule has 0 aliphatic carbocycles. The Hall–Kier alpha value is -1.52. The summed E-state index contributed by atoms with van der Waals surface area (Å²) in [4.78, 5) is 15.9. The Balaban J connectivity index is 2.70. The van der Waals surface area contributed by atoms with Gasteiger partial charge in [-0.25, -0.2) is 0 Å². The van der Waals surface area contributed by atoms with E-state index in [0.29, 0.717) is 11.7 Å². The van der Waals surface area contributed by atoms with Crippen LogP contribution in [-0.2, 0) is 11.2 Å². The number of hydrogen-bond acceptors (Lipinski definition) is 4. The highest BCUT2D eigenvalue weighted by molar-refractivity contribution is 5.69. The maximum atomic E-state index is 10.3. The summed E-state index contributed by atoms with van der Waals surface area (Å²) in [7, 11) is 3.55. The number of oxazole rings is 1. The molecular weight excluding hydrogens is 160 g/mol. The monoisotopic (exact) mass is 170 g/mol. The third-order valence-corrected chi connectivity index (χ3v) is 1.25. The number of carboxylic acids is 1. The van der Waals surface area contributed by atoms with Gasteiger partial charge in [0.25, 0.3) is 6.01 Å². The highest BCUT2D eigenvalue weighted by Gasteiger charge is 2.07. The Labute approximate surface area is 69.6 Å². The second-order valence-electron chi connectivity index (χ2n) is 2.59. The van der Waals surface area contributed by atoms with Crippen LogP contribution in [0.1, 0.15) is 5.69 Å². The molecule has 0 bridgehead atoms. The van der Waals surface area contributed by atoms with Gasteiger partial charge in [0.15, 0.2) is 0 Å². The maximum absolute atomic E-state index is 10.3. The van der Waals surface area contributed by atoms with Gasteiger partial charge in [0.1, 0.15) is 6.26 Å². The lowest BCUT2D eigenvalue weighted by molar-refractivity contribution is -0.136. The van der Waals surface area contributed by atoms with Gasteiger partial charge in [-0.15, -0.1) is 0 Å². The van der Waals surface area contributed by atoms with Crippen LogP contribution in [-0.4, -0.2) is 30.2 Å². The minimum absolute atomic E-state index is 0.0999. The van der Waals surface area contributed by atoms with Gasteiger partial charge in [0, 0.05) is 14.1 Å². The van der Waals surface area contributed by atoms with Crippen LogP contribution in [0.4, 0.5) is 6.01 Å². The summed E-state index contributed by atoms with van der Waals surface area (Å²) >= 11 is 0. The van der Waals surface area contributed by atoms with Gasteiger partial charge in [-0.1, -0.05) is 0 Å². The Morgan fingerprint density at radius 3 is 2.83 bits per heavy atom. The van der Waals surface area contributed by atoms with E-state index in [-0.39, 0.29) is 6.42 Å². The number of nitrogens with zero attached hydrogens (tertiary/aromatic N) is 2. The summed E-state index contributed by atoms with van der Waals surface area (Å²) in [6.07, 6.45) is 1.25. The van der Waals surface area contributed by atoms with Gasteiger partial charge >= 0.3 is 5.97 Å². The van der Waals surface area contributed by atoms with Crippen molar-refractivity contribution < 1.29 is 14.3 Å². The quantitative estimate of drug-likeness (QED) is 0.709. The molecule has 0 aromatic carbocycles. The van der Waals surface area contributed by atoms with E-state index >= 15 is 0 Å². The van der Waals surface area contributed by atoms with Crippen LogP contribution >= 0.6 is 0 Å². The molecule has 0 amide bonds. The van der Waals surface area contributed by atoms with Crippen LogP contribution in [0.5, 0.6) is 0 Å². The zero-order valence-corrected chi connectivity index (χ0v) is 6.94. The Bertz CT molecular complexity index is 280. The second-order valence-corrected chi connectivity index (χ2v) is 2.59. The molecular formula is C7H10N2O3. The number of carbonyl (C=O) groups is 1. The molecule has 0 fully saturated rings. The van der Waals surface area contributed by atoms with Crippen LogP contribution in [0.15, 0.2) is 10.7 Å². The van der Waals surface area contributed by atoms with Crippen molar-refractivity contribution in [1.29, 1.82) is 0 Å². The third-order valence-electron chi connectivity index (χ3n) is 1.25. The van der Waals surface area contributed by atoms with Gasteiger partial charge in [-0.05, 0) is 0 Å². The Kier molecular flexibility index (Phi) is 2.32. The molecule has 5 heteroatoms. The lowest BCUT2D eigenvalue weighted by Crippen LogP contribution is -2.09. The van der Waals surface area contributed by atoms with Gasteiger partial charge < -0.3 is 14.4 Å². The molecule has 1 heterocycles. The first-order valence-electron chi connectivity index (χ1n) is 3.43. The number of aliphatic carboxylic acids is 1. The molecule has 1 aromatic rings. The molecule has 1 N–H and O–H groups in total. The summed E-state index contributed by atoms with van der Waals surface area (Å²) in [6, 6.07) is 0.422. The first-order valence-corrected chi connectivity index (χ1v) is 3.43. The fourth-order valence-corrected chi connectivity index (χ4v) is 0.738. The molecule has 0 aliphatic heterocycles. The van der Waals surface area contributed by atoms with Crippen LogP contribution < -0.4 is 4.90 Å². The Morgan fingerprint density at radius 2 is 2.42 bits per heavy atom. The van der Waals surface area contributed by atoms with E-state index in [2.05, 4.69) is 4.98 Å². The van der Waals surface area contributed by atoms with Crippen LogP contribution in [0.2, 0.25) is 0 Å². The van der Waals surface area contributed by atoms with E-state index in [4.69, 9.17) is 9.52 Å². The van der Waals surface area contributed by atoms with Crippen molar-refractivity contribution in [3.8, 4) is 0 Å². The van der Waals surface area contributed by atoms with Gasteiger partial charge in [0.2, 0.25) is 0 Å². The van der Waals surface area contributed by atoms with Gasteiger partial charge in [-0.3, -0.25) is 4.79 Å². The van der Waals surface area contributed by atoms with Crippen molar-refractivity contribution in [3.05, 3.63) is 12.0 Å². The number of carboxylic acid groups (broad SMARTS) is 1. The first-order chi connectivity index (χ1) is 5.59. The van der Waals surface area contributed by atoms with E-state index in [0.717, 1.165) is 0 Å². The molecule has 5 nitrogen and oxygen atoms in total. The lowest BCUT2D eigenvalue weighted by Gasteiger charge is -2.03. The summed E-state index contributed by atoms with van der Waals surface area (Å²) in [5.74, 6) is -0.909. The number of anilines is 1. The molecule has 12 heavy (non-hydrogen) atoms. The van der Waals surface area contributed by atoms with Crippen molar-refractivity contribution in [1.82, 2.24) is 4.98 Å². The van der Waals surface area contributed by atoms with Crippen molar-refractivity contribution in [3.63, 3.8) is 0 Å². The Morgan fingerprint density at radius 1 is 1.75 bits per heavy atom. The van der Waals surface area contributed by atoms with E-state index in [9.17, 15) is 4.79 Å². The van der Waals surface area contributed by atoms with E-state index in [1.807, 2.05) is 0 Å². The van der Waals surface area contributed by atoms with E-state index in [1.165, 1.54) is 6.26 Å². The van der Waals surface area contributed by atoms with E-state index in [1.54, 1.807) is 19.0 Å². The SMILES string of the molecule is CN(C)c1nc(CC(=O)O)co1. The maximum Gasteiger partial charge on any atom is 0.309 e. The average molecular weight is 170 g/mol. The second kappa shape index (κ2) is 3.25. The minimum Gasteiger partial charge on any atom is -0.481 e. The zero-order valence-electron chi connectivity index (χ0n) is 6.94. The van der Waals surface area contributed by atoms with Gasteiger partial charge in [0.05, 0.1) is 12.1 Å². The topological polar surface area (TPSA) is 66.6 Å². The predicted molar refractivity (Wildman–Crippen MR) is 42.2 cm³/mol. The highest BCUT2D eigenvalue weighted by atomic mass is 16.4.